The van der Waals surface area contributed by atoms with E-state index in [-0.39, 0.29) is 23.8 Å². The van der Waals surface area contributed by atoms with Crippen LogP contribution >= 0.6 is 0 Å². The minimum absolute atomic E-state index is 0.0160. The number of hydrogen-bond acceptors (Lipinski definition) is 3. The summed E-state index contributed by atoms with van der Waals surface area (Å²) < 4.78 is 0. The number of carbonyl (C=O) groups excluding carboxylic acids is 2. The maximum atomic E-state index is 12.2. The molecule has 2 heterocycles. The zero-order valence-corrected chi connectivity index (χ0v) is 12.9. The summed E-state index contributed by atoms with van der Waals surface area (Å²) in [5.74, 6) is 0.414. The van der Waals surface area contributed by atoms with Crippen molar-refractivity contribution in [3.8, 4) is 0 Å². The molecule has 1 aromatic carbocycles. The van der Waals surface area contributed by atoms with E-state index in [1.165, 1.54) is 0 Å². The van der Waals surface area contributed by atoms with Gasteiger partial charge in [0.25, 0.3) is 0 Å². The van der Waals surface area contributed by atoms with Crippen molar-refractivity contribution in [2.45, 2.75) is 19.4 Å². The highest BCUT2D eigenvalue weighted by molar-refractivity contribution is 5.89. The van der Waals surface area contributed by atoms with Crippen molar-refractivity contribution >= 4 is 11.8 Å². The Morgan fingerprint density at radius 2 is 2.09 bits per heavy atom. The number of nitrogens with zero attached hydrogens (tertiary/aromatic N) is 1. The Labute approximate surface area is 131 Å². The molecule has 22 heavy (non-hydrogen) atoms. The zero-order valence-electron chi connectivity index (χ0n) is 12.9. The Morgan fingerprint density at radius 1 is 1.36 bits per heavy atom. The van der Waals surface area contributed by atoms with E-state index in [4.69, 9.17) is 0 Å². The highest BCUT2D eigenvalue weighted by atomic mass is 16.2. The topological polar surface area (TPSA) is 61.4 Å². The summed E-state index contributed by atoms with van der Waals surface area (Å²) in [5.41, 5.74) is 1.11. The van der Waals surface area contributed by atoms with E-state index in [1.807, 2.05) is 42.2 Å². The van der Waals surface area contributed by atoms with E-state index in [1.54, 1.807) is 0 Å². The summed E-state index contributed by atoms with van der Waals surface area (Å²) in [6.07, 6.45) is 0.325. The standard InChI is InChI=1S/C17H23N3O2/c1-12(14-5-3-2-4-6-14)20-11-15(7-16(20)21)17(22)19-10-13-8-18-9-13/h2-6,12-13,15,18H,7-11H2,1H3,(H,19,22). The first kappa shape index (κ1) is 15.0. The Hall–Kier alpha value is -1.88. The third-order valence-corrected chi connectivity index (χ3v) is 4.71. The summed E-state index contributed by atoms with van der Waals surface area (Å²) in [7, 11) is 0. The number of amides is 2. The van der Waals surface area contributed by atoms with Crippen molar-refractivity contribution in [3.63, 3.8) is 0 Å². The molecule has 0 radical (unpaired) electrons. The summed E-state index contributed by atoms with van der Waals surface area (Å²) >= 11 is 0. The first-order valence-corrected chi connectivity index (χ1v) is 7.98. The van der Waals surface area contributed by atoms with Gasteiger partial charge in [-0.25, -0.2) is 0 Å². The van der Waals surface area contributed by atoms with E-state index in [0.29, 0.717) is 25.4 Å². The minimum atomic E-state index is -0.216. The predicted molar refractivity (Wildman–Crippen MR) is 84.0 cm³/mol. The maximum absolute atomic E-state index is 12.2. The van der Waals surface area contributed by atoms with Gasteiger partial charge in [0, 0.05) is 38.5 Å². The second-order valence-corrected chi connectivity index (χ2v) is 6.30. The molecule has 0 saturated carbocycles. The molecule has 0 aliphatic carbocycles. The summed E-state index contributed by atoms with van der Waals surface area (Å²) in [4.78, 5) is 26.3. The van der Waals surface area contributed by atoms with E-state index >= 15 is 0 Å². The number of hydrogen-bond donors (Lipinski definition) is 2. The average Bonchev–Trinajstić information content (AvgIpc) is 2.88. The van der Waals surface area contributed by atoms with Crippen LogP contribution in [0.1, 0.15) is 24.9 Å². The van der Waals surface area contributed by atoms with Crippen molar-refractivity contribution in [2.75, 3.05) is 26.2 Å². The molecule has 0 aromatic heterocycles. The van der Waals surface area contributed by atoms with Crippen molar-refractivity contribution < 1.29 is 9.59 Å². The van der Waals surface area contributed by atoms with E-state index < -0.39 is 0 Å². The van der Waals surface area contributed by atoms with Crippen molar-refractivity contribution in [1.29, 1.82) is 0 Å². The van der Waals surface area contributed by atoms with Crippen LogP contribution in [0.25, 0.3) is 0 Å². The highest BCUT2D eigenvalue weighted by Gasteiger charge is 2.37. The summed E-state index contributed by atoms with van der Waals surface area (Å²) in [6.45, 7) is 5.20. The fraction of sp³-hybridized carbons (Fsp3) is 0.529. The lowest BCUT2D eigenvalue weighted by Crippen LogP contribution is -2.49. The molecule has 118 valence electrons. The number of benzene rings is 1. The molecule has 2 fully saturated rings. The Morgan fingerprint density at radius 3 is 2.73 bits per heavy atom. The van der Waals surface area contributed by atoms with E-state index in [0.717, 1.165) is 18.7 Å². The molecular weight excluding hydrogens is 278 g/mol. The van der Waals surface area contributed by atoms with Crippen molar-refractivity contribution in [2.24, 2.45) is 11.8 Å². The Balaban J connectivity index is 1.56. The zero-order chi connectivity index (χ0) is 15.5. The molecule has 2 unspecified atom stereocenters. The van der Waals surface area contributed by atoms with Crippen LogP contribution in [-0.4, -0.2) is 42.9 Å². The summed E-state index contributed by atoms with van der Waals surface area (Å²) in [5, 5.41) is 6.18. The third kappa shape index (κ3) is 3.14. The third-order valence-electron chi connectivity index (χ3n) is 4.71. The lowest BCUT2D eigenvalue weighted by atomic mass is 10.0. The molecule has 2 aliphatic rings. The van der Waals surface area contributed by atoms with Crippen LogP contribution in [0.4, 0.5) is 0 Å². The molecule has 2 N–H and O–H groups in total. The van der Waals surface area contributed by atoms with Crippen molar-refractivity contribution in [1.82, 2.24) is 15.5 Å². The van der Waals surface area contributed by atoms with Gasteiger partial charge in [0.1, 0.15) is 0 Å². The quantitative estimate of drug-likeness (QED) is 0.850. The lowest BCUT2D eigenvalue weighted by molar-refractivity contribution is -0.130. The van der Waals surface area contributed by atoms with Gasteiger partial charge in [0.05, 0.1) is 12.0 Å². The monoisotopic (exact) mass is 301 g/mol. The second-order valence-electron chi connectivity index (χ2n) is 6.30. The Bertz CT molecular complexity index is 542. The number of rotatable bonds is 5. The molecular formula is C17H23N3O2. The number of likely N-dealkylation sites (tertiary alicyclic amines) is 1. The molecule has 3 rings (SSSR count). The van der Waals surface area contributed by atoms with Crippen LogP contribution in [-0.2, 0) is 9.59 Å². The molecule has 0 spiro atoms. The first-order chi connectivity index (χ1) is 10.6. The minimum Gasteiger partial charge on any atom is -0.355 e. The average molecular weight is 301 g/mol. The van der Waals surface area contributed by atoms with Gasteiger partial charge in [-0.15, -0.1) is 0 Å². The molecule has 2 atom stereocenters. The maximum Gasteiger partial charge on any atom is 0.225 e. The molecule has 0 bridgehead atoms. The van der Waals surface area contributed by atoms with Gasteiger partial charge in [-0.3, -0.25) is 9.59 Å². The second kappa shape index (κ2) is 6.48. The highest BCUT2D eigenvalue weighted by Crippen LogP contribution is 2.28. The van der Waals surface area contributed by atoms with Gasteiger partial charge in [0.15, 0.2) is 0 Å². The number of carbonyl (C=O) groups is 2. The van der Waals surface area contributed by atoms with Crippen LogP contribution in [0.15, 0.2) is 30.3 Å². The van der Waals surface area contributed by atoms with Gasteiger partial charge in [-0.1, -0.05) is 30.3 Å². The fourth-order valence-corrected chi connectivity index (χ4v) is 3.08. The van der Waals surface area contributed by atoms with E-state index in [2.05, 4.69) is 10.6 Å². The SMILES string of the molecule is CC(c1ccccc1)N1CC(C(=O)NCC2CNC2)CC1=O. The van der Waals surface area contributed by atoms with Gasteiger partial charge in [0.2, 0.25) is 11.8 Å². The van der Waals surface area contributed by atoms with Gasteiger partial charge >= 0.3 is 0 Å². The first-order valence-electron chi connectivity index (χ1n) is 7.98. The fourth-order valence-electron chi connectivity index (χ4n) is 3.08. The molecule has 5 nitrogen and oxygen atoms in total. The normalized spacial score (nSPS) is 23.2. The molecule has 5 heteroatoms. The van der Waals surface area contributed by atoms with Crippen LogP contribution in [0.5, 0.6) is 0 Å². The lowest BCUT2D eigenvalue weighted by Gasteiger charge is -2.28. The van der Waals surface area contributed by atoms with Crippen molar-refractivity contribution in [3.05, 3.63) is 35.9 Å². The van der Waals surface area contributed by atoms with Crippen LogP contribution in [0.3, 0.4) is 0 Å². The molecule has 1 aromatic rings. The van der Waals surface area contributed by atoms with Crippen LogP contribution in [0, 0.1) is 11.8 Å². The van der Waals surface area contributed by atoms with Gasteiger partial charge in [-0.05, 0) is 12.5 Å². The van der Waals surface area contributed by atoms with Crippen LogP contribution in [0.2, 0.25) is 0 Å². The van der Waals surface area contributed by atoms with Gasteiger partial charge < -0.3 is 15.5 Å². The molecule has 2 amide bonds. The Kier molecular flexibility index (Phi) is 4.43. The number of nitrogens with one attached hydrogen (secondary N) is 2. The van der Waals surface area contributed by atoms with Gasteiger partial charge in [-0.2, -0.15) is 0 Å². The summed E-state index contributed by atoms with van der Waals surface area (Å²) in [6, 6.07) is 9.98. The smallest absolute Gasteiger partial charge is 0.225 e. The molecule has 2 aliphatic heterocycles. The molecule has 2 saturated heterocycles. The predicted octanol–water partition coefficient (Wildman–Crippen LogP) is 0.932. The van der Waals surface area contributed by atoms with Crippen LogP contribution < -0.4 is 10.6 Å². The van der Waals surface area contributed by atoms with E-state index in [9.17, 15) is 9.59 Å². The largest absolute Gasteiger partial charge is 0.355 e.